The molecule has 0 fully saturated rings. The van der Waals surface area contributed by atoms with Gasteiger partial charge in [-0.2, -0.15) is 0 Å². The maximum atomic E-state index is 11.1. The van der Waals surface area contributed by atoms with Gasteiger partial charge < -0.3 is 9.84 Å². The van der Waals surface area contributed by atoms with E-state index in [9.17, 15) is 4.79 Å². The van der Waals surface area contributed by atoms with Crippen molar-refractivity contribution in [2.75, 3.05) is 0 Å². The van der Waals surface area contributed by atoms with Crippen LogP contribution in [-0.4, -0.2) is 16.1 Å². The Bertz CT molecular complexity index is 810. The lowest BCUT2D eigenvalue weighted by atomic mass is 10.2. The molecule has 0 aliphatic heterocycles. The van der Waals surface area contributed by atoms with E-state index >= 15 is 0 Å². The van der Waals surface area contributed by atoms with E-state index in [1.54, 1.807) is 6.92 Å². The van der Waals surface area contributed by atoms with E-state index in [1.807, 2.05) is 54.6 Å². The van der Waals surface area contributed by atoms with E-state index in [4.69, 9.17) is 9.84 Å². The average Bonchev–Trinajstić information content (AvgIpc) is 2.96. The number of carboxylic acid groups (broad SMARTS) is 1. The number of hydrogen-bond acceptors (Lipinski definition) is 4. The van der Waals surface area contributed by atoms with Crippen molar-refractivity contribution in [1.82, 2.24) is 4.98 Å². The molecular formula is C18H15NO3S. The molecule has 0 aliphatic carbocycles. The number of aromatic nitrogens is 1. The predicted octanol–water partition coefficient (Wildman–Crippen LogP) is 4.40. The van der Waals surface area contributed by atoms with Crippen LogP contribution in [0, 0.1) is 6.92 Å². The number of aromatic carboxylic acids is 1. The van der Waals surface area contributed by atoms with Gasteiger partial charge in [0.1, 0.15) is 22.2 Å². The molecule has 0 atom stereocenters. The summed E-state index contributed by atoms with van der Waals surface area (Å²) in [4.78, 5) is 15.7. The number of rotatable bonds is 5. The summed E-state index contributed by atoms with van der Waals surface area (Å²) >= 11 is 1.19. The fourth-order valence-corrected chi connectivity index (χ4v) is 3.06. The summed E-state index contributed by atoms with van der Waals surface area (Å²) in [5.74, 6) is -0.168. The quantitative estimate of drug-likeness (QED) is 0.755. The molecule has 3 rings (SSSR count). The van der Waals surface area contributed by atoms with Crippen LogP contribution in [0.1, 0.15) is 20.9 Å². The molecule has 0 unspecified atom stereocenters. The fraction of sp³-hybridized carbons (Fsp3) is 0.111. The maximum Gasteiger partial charge on any atom is 0.347 e. The van der Waals surface area contributed by atoms with Gasteiger partial charge in [-0.05, 0) is 36.8 Å². The summed E-state index contributed by atoms with van der Waals surface area (Å²) in [5.41, 5.74) is 2.54. The number of carboxylic acids is 1. The maximum absolute atomic E-state index is 11.1. The summed E-state index contributed by atoms with van der Waals surface area (Å²) in [6.07, 6.45) is 0. The molecule has 4 nitrogen and oxygen atoms in total. The number of hydrogen-bond donors (Lipinski definition) is 1. The molecule has 0 saturated heterocycles. The first kappa shape index (κ1) is 15.2. The largest absolute Gasteiger partial charge is 0.489 e. The van der Waals surface area contributed by atoms with Crippen LogP contribution in [0.4, 0.5) is 0 Å². The van der Waals surface area contributed by atoms with Crippen molar-refractivity contribution >= 4 is 17.3 Å². The lowest BCUT2D eigenvalue weighted by molar-refractivity contribution is 0.0701. The first-order chi connectivity index (χ1) is 11.1. The van der Waals surface area contributed by atoms with Gasteiger partial charge in [0.25, 0.3) is 0 Å². The Morgan fingerprint density at radius 3 is 2.43 bits per heavy atom. The normalized spacial score (nSPS) is 10.5. The number of thiazole rings is 1. The summed E-state index contributed by atoms with van der Waals surface area (Å²) in [6.45, 7) is 2.22. The van der Waals surface area contributed by atoms with E-state index in [-0.39, 0.29) is 4.88 Å². The van der Waals surface area contributed by atoms with Crippen molar-refractivity contribution in [3.05, 3.63) is 70.7 Å². The second-order valence-corrected chi connectivity index (χ2v) is 6.04. The number of nitrogens with zero attached hydrogens (tertiary/aromatic N) is 1. The Labute approximate surface area is 138 Å². The third-order valence-corrected chi connectivity index (χ3v) is 4.53. The number of benzene rings is 2. The smallest absolute Gasteiger partial charge is 0.347 e. The molecule has 23 heavy (non-hydrogen) atoms. The molecule has 2 aromatic carbocycles. The molecule has 3 aromatic rings. The van der Waals surface area contributed by atoms with Crippen LogP contribution in [-0.2, 0) is 6.61 Å². The molecule has 0 radical (unpaired) electrons. The average molecular weight is 325 g/mol. The predicted molar refractivity (Wildman–Crippen MR) is 90.0 cm³/mol. The molecule has 1 N–H and O–H groups in total. The van der Waals surface area contributed by atoms with E-state index in [0.29, 0.717) is 17.3 Å². The van der Waals surface area contributed by atoms with Crippen molar-refractivity contribution < 1.29 is 14.6 Å². The zero-order valence-corrected chi connectivity index (χ0v) is 13.3. The molecule has 1 aromatic heterocycles. The molecule has 0 aliphatic rings. The van der Waals surface area contributed by atoms with Crippen molar-refractivity contribution in [1.29, 1.82) is 0 Å². The van der Waals surface area contributed by atoms with Crippen LogP contribution < -0.4 is 4.74 Å². The molecule has 0 bridgehead atoms. The van der Waals surface area contributed by atoms with E-state index < -0.39 is 5.97 Å². The fourth-order valence-electron chi connectivity index (χ4n) is 2.15. The monoisotopic (exact) mass is 325 g/mol. The van der Waals surface area contributed by atoms with Gasteiger partial charge in [0.05, 0.1) is 5.69 Å². The summed E-state index contributed by atoms with van der Waals surface area (Å²) in [7, 11) is 0. The molecule has 0 saturated carbocycles. The van der Waals surface area contributed by atoms with Crippen LogP contribution >= 0.6 is 11.3 Å². The standard InChI is InChI=1S/C18H15NO3S/c1-12-16(18(20)21)23-17(19-12)14-7-9-15(10-8-14)22-11-13-5-3-2-4-6-13/h2-10H,11H2,1H3,(H,20,21). The number of carbonyl (C=O) groups is 1. The highest BCUT2D eigenvalue weighted by Crippen LogP contribution is 2.29. The second-order valence-electron chi connectivity index (χ2n) is 5.04. The van der Waals surface area contributed by atoms with Crippen molar-refractivity contribution in [2.45, 2.75) is 13.5 Å². The number of ether oxygens (including phenoxy) is 1. The summed E-state index contributed by atoms with van der Waals surface area (Å²) in [5, 5.41) is 9.80. The SMILES string of the molecule is Cc1nc(-c2ccc(OCc3ccccc3)cc2)sc1C(=O)O. The van der Waals surface area contributed by atoms with Gasteiger partial charge in [0.15, 0.2) is 0 Å². The number of aryl methyl sites for hydroxylation is 1. The van der Waals surface area contributed by atoms with Crippen molar-refractivity contribution in [3.8, 4) is 16.3 Å². The highest BCUT2D eigenvalue weighted by Gasteiger charge is 2.14. The van der Waals surface area contributed by atoms with Crippen LogP contribution in [0.3, 0.4) is 0 Å². The van der Waals surface area contributed by atoms with Crippen LogP contribution in [0.15, 0.2) is 54.6 Å². The highest BCUT2D eigenvalue weighted by molar-refractivity contribution is 7.17. The Hall–Kier alpha value is -2.66. The summed E-state index contributed by atoms with van der Waals surface area (Å²) in [6, 6.07) is 17.5. The Morgan fingerprint density at radius 1 is 1.13 bits per heavy atom. The van der Waals surface area contributed by atoms with Crippen LogP contribution in [0.2, 0.25) is 0 Å². The lowest BCUT2D eigenvalue weighted by Gasteiger charge is -2.06. The molecule has 0 spiro atoms. The van der Waals surface area contributed by atoms with E-state index in [0.717, 1.165) is 16.9 Å². The molecule has 1 heterocycles. The van der Waals surface area contributed by atoms with Crippen molar-refractivity contribution in [3.63, 3.8) is 0 Å². The van der Waals surface area contributed by atoms with Gasteiger partial charge >= 0.3 is 5.97 Å². The Morgan fingerprint density at radius 2 is 1.83 bits per heavy atom. The van der Waals surface area contributed by atoms with E-state index in [1.165, 1.54) is 11.3 Å². The third kappa shape index (κ3) is 3.57. The second kappa shape index (κ2) is 6.62. The lowest BCUT2D eigenvalue weighted by Crippen LogP contribution is -1.94. The molecule has 5 heteroatoms. The van der Waals surface area contributed by atoms with E-state index in [2.05, 4.69) is 4.98 Å². The minimum atomic E-state index is -0.936. The zero-order valence-electron chi connectivity index (χ0n) is 12.5. The highest BCUT2D eigenvalue weighted by atomic mass is 32.1. The topological polar surface area (TPSA) is 59.4 Å². The van der Waals surface area contributed by atoms with Gasteiger partial charge in [-0.25, -0.2) is 9.78 Å². The summed E-state index contributed by atoms with van der Waals surface area (Å²) < 4.78 is 5.74. The minimum Gasteiger partial charge on any atom is -0.489 e. The van der Waals surface area contributed by atoms with Crippen LogP contribution in [0.25, 0.3) is 10.6 Å². The van der Waals surface area contributed by atoms with Gasteiger partial charge in [-0.1, -0.05) is 30.3 Å². The first-order valence-corrected chi connectivity index (χ1v) is 7.93. The van der Waals surface area contributed by atoms with Gasteiger partial charge in [0.2, 0.25) is 0 Å². The van der Waals surface area contributed by atoms with Gasteiger partial charge in [-0.15, -0.1) is 11.3 Å². The Kier molecular flexibility index (Phi) is 4.39. The van der Waals surface area contributed by atoms with Crippen molar-refractivity contribution in [2.24, 2.45) is 0 Å². The zero-order chi connectivity index (χ0) is 16.2. The molecular weight excluding hydrogens is 310 g/mol. The third-order valence-electron chi connectivity index (χ3n) is 3.34. The molecule has 0 amide bonds. The van der Waals surface area contributed by atoms with Gasteiger partial charge in [-0.3, -0.25) is 0 Å². The molecule has 116 valence electrons. The van der Waals surface area contributed by atoms with Gasteiger partial charge in [0, 0.05) is 5.56 Å². The van der Waals surface area contributed by atoms with Crippen LogP contribution in [0.5, 0.6) is 5.75 Å². The Balaban J connectivity index is 1.72. The minimum absolute atomic E-state index is 0.282. The first-order valence-electron chi connectivity index (χ1n) is 7.11.